The molecule has 24 heteroatoms. The highest BCUT2D eigenvalue weighted by molar-refractivity contribution is 7.88. The van der Waals surface area contributed by atoms with Crippen molar-refractivity contribution in [1.82, 2.24) is 38.7 Å². The number of β-lactam (4-membered cyclic amide) rings is 1. The van der Waals surface area contributed by atoms with Crippen molar-refractivity contribution in [2.24, 2.45) is 5.16 Å². The number of nitrogen functional groups attached to an aromatic ring is 1. The zero-order valence-corrected chi connectivity index (χ0v) is 27.1. The van der Waals surface area contributed by atoms with Gasteiger partial charge in [-0.05, 0) is 26.7 Å². The molecule has 0 unspecified atom stereocenters. The number of oxime groups is 1. The Morgan fingerprint density at radius 1 is 1.29 bits per heavy atom. The summed E-state index contributed by atoms with van der Waals surface area (Å²) in [5, 5.41) is 29.9. The predicted molar refractivity (Wildman–Crippen MR) is 166 cm³/mol. The van der Waals surface area contributed by atoms with Crippen LogP contribution >= 0.6 is 11.3 Å². The fourth-order valence-corrected chi connectivity index (χ4v) is 5.89. The van der Waals surface area contributed by atoms with E-state index in [4.69, 9.17) is 15.3 Å². The van der Waals surface area contributed by atoms with Gasteiger partial charge in [0.2, 0.25) is 11.0 Å². The van der Waals surface area contributed by atoms with Crippen LogP contribution in [0.25, 0.3) is 11.5 Å². The van der Waals surface area contributed by atoms with Crippen LogP contribution in [0, 0.1) is 0 Å². The number of aromatic nitrogens is 5. The van der Waals surface area contributed by atoms with Gasteiger partial charge in [-0.1, -0.05) is 9.24 Å². The summed E-state index contributed by atoms with van der Waals surface area (Å²) in [6.07, 6.45) is 1.65. The SMILES string of the molecule is CC(C)(O/N=C(\C(=O)N[C@H]1CN(C(=O)NS(=O)(=O)n2nc(-c3cc(=O)c(O)c[nH]3)n(C[C@@H]3CCCO3)c2=O)C1=O)c1csc(N)n1)C(=O)O. The van der Waals surface area contributed by atoms with Crippen LogP contribution in [0.1, 0.15) is 32.4 Å². The van der Waals surface area contributed by atoms with E-state index in [1.807, 2.05) is 0 Å². The normalized spacial score (nSPS) is 18.2. The molecule has 2 saturated heterocycles. The first-order valence-corrected chi connectivity index (χ1v) is 16.4. The molecule has 0 aromatic carbocycles. The van der Waals surface area contributed by atoms with Gasteiger partial charge in [0.05, 0.1) is 24.9 Å². The maximum atomic E-state index is 13.3. The number of carbonyl (C=O) groups is 4. The minimum absolute atomic E-state index is 0.0369. The van der Waals surface area contributed by atoms with Gasteiger partial charge < -0.3 is 35.8 Å². The molecule has 0 aliphatic carbocycles. The number of aliphatic carboxylic acids is 1. The summed E-state index contributed by atoms with van der Waals surface area (Å²) in [7, 11) is -5.11. The van der Waals surface area contributed by atoms with E-state index in [2.05, 4.69) is 25.5 Å². The first-order chi connectivity index (χ1) is 23.0. The second kappa shape index (κ2) is 13.1. The lowest BCUT2D eigenvalue weighted by Crippen LogP contribution is -2.68. The number of carbonyl (C=O) groups excluding carboxylic acids is 3. The number of urea groups is 1. The molecule has 2 aliphatic heterocycles. The standard InChI is InChI=1S/C25H28N10O12S2/c1-25(2,21(40)41)47-31-17(14-10-48-22(26)29-14)19(38)28-13-9-34(20(13)39)23(42)32-49(44,45)35-24(43)33(8-11-4-3-5-46-11)18(30-35)12-6-15(36)16(37)7-27-12/h6-7,10-11,13,37H,3-5,8-9H2,1-2H3,(H2,26,29)(H,27,36)(H,28,38)(H,32,42)(H,40,41)/b31-17-/t11-,13-/m0/s1. The van der Waals surface area contributed by atoms with Crippen molar-refractivity contribution in [3.63, 3.8) is 0 Å². The molecule has 4 amide bonds. The van der Waals surface area contributed by atoms with Crippen molar-refractivity contribution >= 4 is 56.2 Å². The number of H-pyrrole nitrogens is 1. The number of hydrogen-bond acceptors (Lipinski definition) is 16. The molecule has 0 bridgehead atoms. The maximum Gasteiger partial charge on any atom is 0.362 e. The smallest absolute Gasteiger partial charge is 0.362 e. The van der Waals surface area contributed by atoms with Crippen molar-refractivity contribution in [3.8, 4) is 17.3 Å². The van der Waals surface area contributed by atoms with Crippen molar-refractivity contribution in [1.29, 1.82) is 0 Å². The number of nitrogens with two attached hydrogens (primary N) is 1. The molecule has 3 aromatic heterocycles. The Labute approximate surface area is 278 Å². The van der Waals surface area contributed by atoms with E-state index in [1.54, 1.807) is 4.72 Å². The van der Waals surface area contributed by atoms with Crippen LogP contribution in [0.3, 0.4) is 0 Å². The number of pyridine rings is 1. The highest BCUT2D eigenvalue weighted by atomic mass is 32.2. The molecule has 2 aliphatic rings. The van der Waals surface area contributed by atoms with Crippen LogP contribution in [0.2, 0.25) is 0 Å². The Morgan fingerprint density at radius 2 is 2.02 bits per heavy atom. The lowest BCUT2D eigenvalue weighted by Gasteiger charge is -2.36. The largest absolute Gasteiger partial charge is 0.503 e. The summed E-state index contributed by atoms with van der Waals surface area (Å²) < 4.78 is 34.4. The Hall–Kier alpha value is -5.62. The van der Waals surface area contributed by atoms with Crippen molar-refractivity contribution in [2.45, 2.75) is 51.0 Å². The van der Waals surface area contributed by atoms with Gasteiger partial charge in [0.25, 0.3) is 11.8 Å². The molecule has 5 rings (SSSR count). The number of thiazole rings is 1. The number of ether oxygens (including phenoxy) is 1. The summed E-state index contributed by atoms with van der Waals surface area (Å²) in [6.45, 7) is 2.05. The number of carboxylic acids is 1. The van der Waals surface area contributed by atoms with E-state index < -0.39 is 80.9 Å². The molecule has 3 aromatic rings. The predicted octanol–water partition coefficient (Wildman–Crippen LogP) is -2.26. The van der Waals surface area contributed by atoms with E-state index in [-0.39, 0.29) is 33.0 Å². The molecule has 5 heterocycles. The van der Waals surface area contributed by atoms with Gasteiger partial charge in [-0.2, -0.15) is 8.42 Å². The van der Waals surface area contributed by atoms with E-state index in [1.165, 1.54) is 19.2 Å². The summed E-state index contributed by atoms with van der Waals surface area (Å²) in [5.41, 5.74) is 0.914. The van der Waals surface area contributed by atoms with E-state index in [0.29, 0.717) is 24.3 Å². The molecule has 0 saturated carbocycles. The number of carboxylic acid groups (broad SMARTS) is 1. The first-order valence-electron chi connectivity index (χ1n) is 14.1. The molecule has 262 valence electrons. The summed E-state index contributed by atoms with van der Waals surface area (Å²) in [6, 6.07) is -1.95. The van der Waals surface area contributed by atoms with Crippen LogP contribution in [0.5, 0.6) is 5.75 Å². The Balaban J connectivity index is 1.31. The van der Waals surface area contributed by atoms with Crippen LogP contribution in [-0.2, 0) is 40.7 Å². The third kappa shape index (κ3) is 7.14. The quantitative estimate of drug-likeness (QED) is 0.0690. The van der Waals surface area contributed by atoms with Crippen LogP contribution in [-0.4, -0.2) is 108 Å². The van der Waals surface area contributed by atoms with E-state index >= 15 is 0 Å². The number of amides is 4. The number of rotatable bonds is 11. The summed E-state index contributed by atoms with van der Waals surface area (Å²) >= 11 is 0.934. The third-order valence-corrected chi connectivity index (χ3v) is 8.96. The van der Waals surface area contributed by atoms with Crippen LogP contribution in [0.15, 0.2) is 32.4 Å². The maximum absolute atomic E-state index is 13.3. The molecule has 0 radical (unpaired) electrons. The topological polar surface area (TPSA) is 313 Å². The first kappa shape index (κ1) is 34.7. The average molecular weight is 725 g/mol. The van der Waals surface area contributed by atoms with Gasteiger partial charge in [0, 0.05) is 24.3 Å². The summed E-state index contributed by atoms with van der Waals surface area (Å²) in [5.74, 6) is -4.47. The second-order valence-electron chi connectivity index (χ2n) is 11.1. The second-order valence-corrected chi connectivity index (χ2v) is 13.5. The fraction of sp³-hybridized carbons (Fsp3) is 0.400. The number of aromatic amines is 1. The minimum Gasteiger partial charge on any atom is -0.503 e. The average Bonchev–Trinajstić information content (AvgIpc) is 3.78. The minimum atomic E-state index is -5.11. The van der Waals surface area contributed by atoms with Gasteiger partial charge >= 0.3 is 27.9 Å². The highest BCUT2D eigenvalue weighted by Crippen LogP contribution is 2.20. The zero-order valence-electron chi connectivity index (χ0n) is 25.5. The summed E-state index contributed by atoms with van der Waals surface area (Å²) in [4.78, 5) is 87.3. The van der Waals surface area contributed by atoms with E-state index in [0.717, 1.165) is 28.2 Å². The van der Waals surface area contributed by atoms with Crippen LogP contribution < -0.4 is 26.9 Å². The van der Waals surface area contributed by atoms with Crippen molar-refractivity contribution < 1.29 is 47.4 Å². The molecule has 2 atom stereocenters. The number of anilines is 1. The van der Waals surface area contributed by atoms with Crippen LogP contribution in [0.4, 0.5) is 9.93 Å². The molecular weight excluding hydrogens is 696 g/mol. The van der Waals surface area contributed by atoms with Gasteiger partial charge in [-0.15, -0.1) is 16.4 Å². The number of imide groups is 1. The molecule has 2 fully saturated rings. The fourth-order valence-electron chi connectivity index (χ4n) is 4.43. The van der Waals surface area contributed by atoms with Gasteiger partial charge in [0.15, 0.2) is 22.4 Å². The molecule has 7 N–H and O–H groups in total. The third-order valence-electron chi connectivity index (χ3n) is 7.16. The van der Waals surface area contributed by atoms with Gasteiger partial charge in [-0.3, -0.25) is 23.9 Å². The number of nitrogens with zero attached hydrogens (tertiary/aromatic N) is 6. The number of likely N-dealkylation sites (tertiary alicyclic amines) is 1. The van der Waals surface area contributed by atoms with Crippen molar-refractivity contribution in [3.05, 3.63) is 44.0 Å². The van der Waals surface area contributed by atoms with E-state index in [9.17, 15) is 47.4 Å². The monoisotopic (exact) mass is 724 g/mol. The van der Waals surface area contributed by atoms with Crippen molar-refractivity contribution in [2.75, 3.05) is 18.9 Å². The lowest BCUT2D eigenvalue weighted by molar-refractivity contribution is -0.161. The molecule has 0 spiro atoms. The Kier molecular flexibility index (Phi) is 9.29. The number of hydrogen-bond donors (Lipinski definition) is 6. The molecule has 49 heavy (non-hydrogen) atoms. The lowest BCUT2D eigenvalue weighted by atomic mass is 10.1. The van der Waals surface area contributed by atoms with Gasteiger partial charge in [0.1, 0.15) is 11.7 Å². The highest BCUT2D eigenvalue weighted by Gasteiger charge is 2.44. The molecule has 22 nitrogen and oxygen atoms in total. The Morgan fingerprint density at radius 3 is 2.61 bits per heavy atom. The Bertz CT molecular complexity index is 2090. The number of aromatic hydroxyl groups is 1. The molecular formula is C25H28N10O12S2. The van der Waals surface area contributed by atoms with Gasteiger partial charge in [-0.25, -0.2) is 24.1 Å². The number of nitrogens with one attached hydrogen (secondary N) is 3. The zero-order chi connectivity index (χ0) is 35.8.